The van der Waals surface area contributed by atoms with Gasteiger partial charge in [0.2, 0.25) is 11.8 Å². The van der Waals surface area contributed by atoms with E-state index < -0.39 is 0 Å². The zero-order chi connectivity index (χ0) is 20.4. The Morgan fingerprint density at radius 1 is 0.964 bits per heavy atom. The summed E-state index contributed by atoms with van der Waals surface area (Å²) >= 11 is 0. The Kier molecular flexibility index (Phi) is 8.49. The van der Waals surface area contributed by atoms with Crippen molar-refractivity contribution in [3.63, 3.8) is 0 Å². The number of carbonyl (C=O) groups is 2. The Balaban J connectivity index is 1.73. The third-order valence-corrected chi connectivity index (χ3v) is 4.41. The molecule has 6 heteroatoms. The molecular formula is C22H29N3O3. The second kappa shape index (κ2) is 11.1. The summed E-state index contributed by atoms with van der Waals surface area (Å²) in [6, 6.07) is 15.5. The van der Waals surface area contributed by atoms with E-state index in [4.69, 9.17) is 4.74 Å². The van der Waals surface area contributed by atoms with Gasteiger partial charge >= 0.3 is 0 Å². The molecule has 0 heterocycles. The molecule has 0 unspecified atom stereocenters. The van der Waals surface area contributed by atoms with Gasteiger partial charge in [-0.3, -0.25) is 14.5 Å². The summed E-state index contributed by atoms with van der Waals surface area (Å²) in [6.07, 6.45) is 1.54. The lowest BCUT2D eigenvalue weighted by atomic mass is 10.1. The molecule has 2 amide bonds. The fraction of sp³-hybridized carbons (Fsp3) is 0.364. The van der Waals surface area contributed by atoms with Gasteiger partial charge in [0.05, 0.1) is 20.2 Å². The molecule has 2 N–H and O–H groups in total. The number of para-hydroxylation sites is 2. The van der Waals surface area contributed by atoms with Crippen LogP contribution in [0.1, 0.15) is 18.1 Å². The number of carbonyl (C=O) groups excluding carboxylic acids is 2. The Hall–Kier alpha value is -2.86. The maximum atomic E-state index is 12.2. The van der Waals surface area contributed by atoms with Crippen molar-refractivity contribution in [3.05, 3.63) is 59.7 Å². The van der Waals surface area contributed by atoms with Gasteiger partial charge in [0.1, 0.15) is 5.75 Å². The van der Waals surface area contributed by atoms with Crippen LogP contribution in [-0.4, -0.2) is 50.5 Å². The Labute approximate surface area is 166 Å². The summed E-state index contributed by atoms with van der Waals surface area (Å²) in [6.45, 7) is 2.88. The molecule has 0 aliphatic rings. The Morgan fingerprint density at radius 3 is 2.32 bits per heavy atom. The number of anilines is 1. The Bertz CT molecular complexity index is 792. The quantitative estimate of drug-likeness (QED) is 0.661. The van der Waals surface area contributed by atoms with Gasteiger partial charge in [-0.1, -0.05) is 43.3 Å². The number of methoxy groups -OCH3 is 1. The van der Waals surface area contributed by atoms with Gasteiger partial charge in [-0.25, -0.2) is 0 Å². The lowest BCUT2D eigenvalue weighted by molar-refractivity contribution is -0.122. The molecule has 0 aliphatic heterocycles. The van der Waals surface area contributed by atoms with Gasteiger partial charge in [0.25, 0.3) is 0 Å². The van der Waals surface area contributed by atoms with Gasteiger partial charge in [-0.2, -0.15) is 0 Å². The normalized spacial score (nSPS) is 10.6. The minimum absolute atomic E-state index is 0.112. The molecule has 2 aromatic rings. The van der Waals surface area contributed by atoms with Crippen molar-refractivity contribution in [2.24, 2.45) is 0 Å². The van der Waals surface area contributed by atoms with Crippen LogP contribution in [0.5, 0.6) is 5.75 Å². The highest BCUT2D eigenvalue weighted by Crippen LogP contribution is 2.17. The lowest BCUT2D eigenvalue weighted by Gasteiger charge is -2.17. The second-order valence-corrected chi connectivity index (χ2v) is 6.64. The zero-order valence-electron chi connectivity index (χ0n) is 16.8. The first-order valence-electron chi connectivity index (χ1n) is 9.48. The van der Waals surface area contributed by atoms with Crippen LogP contribution < -0.4 is 15.4 Å². The fourth-order valence-electron chi connectivity index (χ4n) is 2.99. The molecule has 0 saturated heterocycles. The Morgan fingerprint density at radius 2 is 1.61 bits per heavy atom. The highest BCUT2D eigenvalue weighted by atomic mass is 16.5. The number of rotatable bonds is 10. The number of hydrogen-bond acceptors (Lipinski definition) is 4. The predicted octanol–water partition coefficient (Wildman–Crippen LogP) is 2.49. The number of hydrogen-bond donors (Lipinski definition) is 2. The maximum Gasteiger partial charge on any atom is 0.238 e. The molecule has 0 saturated carbocycles. The van der Waals surface area contributed by atoms with Gasteiger partial charge in [-0.05, 0) is 43.1 Å². The van der Waals surface area contributed by atoms with E-state index in [0.717, 1.165) is 29.0 Å². The van der Waals surface area contributed by atoms with Crippen LogP contribution in [0.25, 0.3) is 0 Å². The number of benzene rings is 2. The van der Waals surface area contributed by atoms with E-state index in [1.54, 1.807) is 19.1 Å². The van der Waals surface area contributed by atoms with E-state index in [9.17, 15) is 9.59 Å². The number of aryl methyl sites for hydroxylation is 1. The van der Waals surface area contributed by atoms with Crippen LogP contribution in [0.15, 0.2) is 48.5 Å². The molecule has 2 aromatic carbocycles. The van der Waals surface area contributed by atoms with Gasteiger partial charge in [0.15, 0.2) is 0 Å². The van der Waals surface area contributed by atoms with Gasteiger partial charge in [-0.15, -0.1) is 0 Å². The number of likely N-dealkylation sites (N-methyl/N-ethyl adjacent to an activating group) is 1. The molecule has 6 nitrogen and oxygen atoms in total. The van der Waals surface area contributed by atoms with Crippen LogP contribution in [0.2, 0.25) is 0 Å². The van der Waals surface area contributed by atoms with Crippen LogP contribution in [0, 0.1) is 0 Å². The van der Waals surface area contributed by atoms with Crippen molar-refractivity contribution >= 4 is 17.5 Å². The molecule has 28 heavy (non-hydrogen) atoms. The minimum Gasteiger partial charge on any atom is -0.496 e. The van der Waals surface area contributed by atoms with E-state index in [2.05, 4.69) is 10.6 Å². The third kappa shape index (κ3) is 6.70. The molecule has 0 radical (unpaired) electrons. The van der Waals surface area contributed by atoms with Crippen molar-refractivity contribution in [1.29, 1.82) is 0 Å². The number of nitrogens with zero attached hydrogens (tertiary/aromatic N) is 1. The molecule has 0 spiro atoms. The second-order valence-electron chi connectivity index (χ2n) is 6.64. The number of amides is 2. The van der Waals surface area contributed by atoms with Crippen LogP contribution in [0.3, 0.4) is 0 Å². The smallest absolute Gasteiger partial charge is 0.238 e. The van der Waals surface area contributed by atoms with Crippen LogP contribution >= 0.6 is 0 Å². The third-order valence-electron chi connectivity index (χ3n) is 4.41. The summed E-state index contributed by atoms with van der Waals surface area (Å²) in [7, 11) is 3.39. The van der Waals surface area contributed by atoms with Crippen LogP contribution in [-0.2, 0) is 22.4 Å². The predicted molar refractivity (Wildman–Crippen MR) is 112 cm³/mol. The number of nitrogens with one attached hydrogen (secondary N) is 2. The van der Waals surface area contributed by atoms with Crippen LogP contribution in [0.4, 0.5) is 5.69 Å². The summed E-state index contributed by atoms with van der Waals surface area (Å²) in [5.41, 5.74) is 2.96. The fourth-order valence-corrected chi connectivity index (χ4v) is 2.99. The van der Waals surface area contributed by atoms with Crippen molar-refractivity contribution in [1.82, 2.24) is 10.2 Å². The molecule has 150 valence electrons. The summed E-state index contributed by atoms with van der Waals surface area (Å²) < 4.78 is 5.31. The zero-order valence-corrected chi connectivity index (χ0v) is 16.8. The molecule has 0 atom stereocenters. The monoisotopic (exact) mass is 383 g/mol. The highest BCUT2D eigenvalue weighted by Gasteiger charge is 2.12. The number of ether oxygens (including phenoxy) is 1. The van der Waals surface area contributed by atoms with Crippen molar-refractivity contribution in [3.8, 4) is 5.75 Å². The summed E-state index contributed by atoms with van der Waals surface area (Å²) in [4.78, 5) is 26.1. The molecule has 0 aromatic heterocycles. The lowest BCUT2D eigenvalue weighted by Crippen LogP contribution is -2.39. The molecular weight excluding hydrogens is 354 g/mol. The first-order chi connectivity index (χ1) is 13.5. The topological polar surface area (TPSA) is 70.7 Å². The highest BCUT2D eigenvalue weighted by molar-refractivity contribution is 5.93. The summed E-state index contributed by atoms with van der Waals surface area (Å²) in [5.74, 6) is 0.572. The SMILES string of the molecule is CCc1ccccc1NC(=O)CN(C)CC(=O)NCCc1ccccc1OC. The van der Waals surface area contributed by atoms with E-state index in [-0.39, 0.29) is 24.9 Å². The molecule has 0 aliphatic carbocycles. The van der Waals surface area contributed by atoms with Crippen molar-refractivity contribution in [2.75, 3.05) is 39.1 Å². The van der Waals surface area contributed by atoms with E-state index in [1.807, 2.05) is 55.5 Å². The van der Waals surface area contributed by atoms with E-state index >= 15 is 0 Å². The standard InChI is InChI=1S/C22H29N3O3/c1-4-17-9-5-7-11-19(17)24-22(27)16-25(2)15-21(26)23-14-13-18-10-6-8-12-20(18)28-3/h5-12H,4,13-16H2,1-3H3,(H,23,26)(H,24,27). The molecule has 2 rings (SSSR count). The minimum atomic E-state index is -0.134. The molecule has 0 bridgehead atoms. The van der Waals surface area contributed by atoms with Gasteiger partial charge in [0, 0.05) is 12.2 Å². The first-order valence-corrected chi connectivity index (χ1v) is 9.48. The van der Waals surface area contributed by atoms with E-state index in [1.165, 1.54) is 0 Å². The maximum absolute atomic E-state index is 12.2. The average molecular weight is 383 g/mol. The first kappa shape index (κ1) is 21.4. The summed E-state index contributed by atoms with van der Waals surface area (Å²) in [5, 5.41) is 5.80. The van der Waals surface area contributed by atoms with Gasteiger partial charge < -0.3 is 15.4 Å². The van der Waals surface area contributed by atoms with Crippen molar-refractivity contribution in [2.45, 2.75) is 19.8 Å². The van der Waals surface area contributed by atoms with E-state index in [0.29, 0.717) is 13.0 Å². The van der Waals surface area contributed by atoms with Crippen molar-refractivity contribution < 1.29 is 14.3 Å². The largest absolute Gasteiger partial charge is 0.496 e. The average Bonchev–Trinajstić information content (AvgIpc) is 2.68. The molecule has 0 fully saturated rings.